The van der Waals surface area contributed by atoms with Crippen LogP contribution >= 0.6 is 0 Å². The van der Waals surface area contributed by atoms with Crippen molar-refractivity contribution < 1.29 is 14.6 Å². The summed E-state index contributed by atoms with van der Waals surface area (Å²) in [5, 5.41) is 9.94. The van der Waals surface area contributed by atoms with Crippen LogP contribution in [0.1, 0.15) is 24.2 Å². The Kier molecular flexibility index (Phi) is 6.81. The zero-order valence-electron chi connectivity index (χ0n) is 15.9. The normalized spacial score (nSPS) is 16.3. The smallest absolute Gasteiger partial charge is 0.257 e. The third kappa shape index (κ3) is 6.30. The predicted molar refractivity (Wildman–Crippen MR) is 99.1 cm³/mol. The summed E-state index contributed by atoms with van der Waals surface area (Å²) in [5.41, 5.74) is -0.0869. The van der Waals surface area contributed by atoms with Crippen molar-refractivity contribution in [3.63, 3.8) is 0 Å². The van der Waals surface area contributed by atoms with E-state index >= 15 is 0 Å². The molecule has 0 aliphatic carbocycles. The Hall–Kier alpha value is -1.63. The van der Waals surface area contributed by atoms with E-state index in [1.165, 1.54) is 0 Å². The number of carbonyl (C=O) groups excluding carboxylic acids is 1. The topological polar surface area (TPSA) is 56.2 Å². The summed E-state index contributed by atoms with van der Waals surface area (Å²) in [5.74, 6) is 0.664. The van der Waals surface area contributed by atoms with Gasteiger partial charge in [0.2, 0.25) is 0 Å². The summed E-state index contributed by atoms with van der Waals surface area (Å²) in [6.45, 7) is 8.49. The van der Waals surface area contributed by atoms with E-state index in [9.17, 15) is 9.90 Å². The van der Waals surface area contributed by atoms with E-state index in [2.05, 4.69) is 4.90 Å². The molecule has 0 aromatic heterocycles. The second kappa shape index (κ2) is 8.65. The highest BCUT2D eigenvalue weighted by Crippen LogP contribution is 2.21. The lowest BCUT2D eigenvalue weighted by Gasteiger charge is -2.37. The second-order valence-electron chi connectivity index (χ2n) is 7.53. The van der Waals surface area contributed by atoms with Gasteiger partial charge in [0.25, 0.3) is 5.91 Å². The first-order chi connectivity index (χ1) is 11.8. The van der Waals surface area contributed by atoms with E-state index in [4.69, 9.17) is 4.74 Å². The number of para-hydroxylation sites is 1. The lowest BCUT2D eigenvalue weighted by Crippen LogP contribution is -2.52. The number of hydrogen-bond acceptors (Lipinski definition) is 5. The number of nitrogens with zero attached hydrogens (tertiary/aromatic N) is 3. The number of aliphatic hydroxyl groups is 1. The van der Waals surface area contributed by atoms with Crippen LogP contribution in [-0.4, -0.2) is 91.3 Å². The molecule has 2 rings (SSSR count). The van der Waals surface area contributed by atoms with Crippen molar-refractivity contribution in [3.8, 4) is 5.75 Å². The highest BCUT2D eigenvalue weighted by molar-refractivity contribution is 5.97. The van der Waals surface area contributed by atoms with Gasteiger partial charge < -0.3 is 19.6 Å². The van der Waals surface area contributed by atoms with E-state index in [-0.39, 0.29) is 5.91 Å². The van der Waals surface area contributed by atoms with Gasteiger partial charge >= 0.3 is 0 Å². The van der Waals surface area contributed by atoms with Gasteiger partial charge in [-0.2, -0.15) is 0 Å². The Morgan fingerprint density at radius 3 is 2.44 bits per heavy atom. The average Bonchev–Trinajstić information content (AvgIpc) is 2.53. The van der Waals surface area contributed by atoms with Gasteiger partial charge in [-0.15, -0.1) is 0 Å². The number of hydrogen-bond donors (Lipinski definition) is 1. The maximum atomic E-state index is 12.9. The zero-order chi connectivity index (χ0) is 18.4. The van der Waals surface area contributed by atoms with Crippen molar-refractivity contribution in [2.75, 3.05) is 60.0 Å². The van der Waals surface area contributed by atoms with Crippen LogP contribution in [0.4, 0.5) is 0 Å². The first-order valence-electron chi connectivity index (χ1n) is 8.87. The van der Waals surface area contributed by atoms with Gasteiger partial charge in [-0.25, -0.2) is 0 Å². The molecule has 0 atom stereocenters. The highest BCUT2D eigenvalue weighted by Gasteiger charge is 2.26. The predicted octanol–water partition coefficient (Wildman–Crippen LogP) is 1.16. The van der Waals surface area contributed by atoms with Crippen molar-refractivity contribution in [1.29, 1.82) is 0 Å². The minimum atomic E-state index is -0.709. The van der Waals surface area contributed by atoms with Crippen LogP contribution in [0.25, 0.3) is 0 Å². The van der Waals surface area contributed by atoms with Crippen LogP contribution in [-0.2, 0) is 0 Å². The van der Waals surface area contributed by atoms with Gasteiger partial charge in [-0.05, 0) is 40.1 Å². The van der Waals surface area contributed by atoms with Crippen molar-refractivity contribution >= 4 is 5.91 Å². The van der Waals surface area contributed by atoms with Crippen LogP contribution < -0.4 is 4.74 Å². The summed E-state index contributed by atoms with van der Waals surface area (Å²) >= 11 is 0. The van der Waals surface area contributed by atoms with Gasteiger partial charge in [0.15, 0.2) is 0 Å². The van der Waals surface area contributed by atoms with E-state index in [0.717, 1.165) is 19.6 Å². The van der Waals surface area contributed by atoms with Gasteiger partial charge in [0, 0.05) is 39.3 Å². The van der Waals surface area contributed by atoms with Gasteiger partial charge in [0.1, 0.15) is 12.4 Å². The molecular weight excluding hydrogens is 318 g/mol. The molecule has 1 saturated heterocycles. The molecule has 1 amide bonds. The minimum absolute atomic E-state index is 0.0170. The number of benzene rings is 1. The first-order valence-corrected chi connectivity index (χ1v) is 8.87. The number of amides is 1. The molecule has 1 aromatic carbocycles. The molecule has 0 spiro atoms. The molecule has 1 aliphatic rings. The molecule has 140 valence electrons. The summed E-state index contributed by atoms with van der Waals surface area (Å²) in [6.07, 6.45) is 0. The van der Waals surface area contributed by atoms with Gasteiger partial charge in [-0.1, -0.05) is 12.1 Å². The molecule has 1 aromatic rings. The Bertz CT molecular complexity index is 561. The highest BCUT2D eigenvalue weighted by atomic mass is 16.5. The lowest BCUT2D eigenvalue weighted by atomic mass is 10.1. The van der Waals surface area contributed by atoms with Crippen molar-refractivity contribution in [2.24, 2.45) is 0 Å². The van der Waals surface area contributed by atoms with Gasteiger partial charge in [-0.3, -0.25) is 9.69 Å². The monoisotopic (exact) mass is 349 g/mol. The SMILES string of the molecule is CN(C)CCOc1ccccc1C(=O)N1CCN(CC(C)(C)O)CC1. The third-order valence-electron chi connectivity index (χ3n) is 4.18. The molecule has 0 bridgehead atoms. The average molecular weight is 349 g/mol. The molecule has 1 aliphatic heterocycles. The number of carbonyl (C=O) groups is 1. The fourth-order valence-electron chi connectivity index (χ4n) is 2.93. The number of piperazine rings is 1. The van der Waals surface area contributed by atoms with E-state index in [1.54, 1.807) is 0 Å². The van der Waals surface area contributed by atoms with Crippen LogP contribution in [0.3, 0.4) is 0 Å². The summed E-state index contributed by atoms with van der Waals surface area (Å²) in [6, 6.07) is 7.45. The fraction of sp³-hybridized carbons (Fsp3) is 0.632. The molecule has 0 unspecified atom stereocenters. The van der Waals surface area contributed by atoms with Gasteiger partial charge in [0.05, 0.1) is 11.2 Å². The van der Waals surface area contributed by atoms with E-state index < -0.39 is 5.60 Å². The molecule has 0 radical (unpaired) electrons. The summed E-state index contributed by atoms with van der Waals surface area (Å²) < 4.78 is 5.81. The first kappa shape index (κ1) is 19.7. The molecule has 1 fully saturated rings. The Morgan fingerprint density at radius 1 is 1.20 bits per heavy atom. The van der Waals surface area contributed by atoms with Crippen LogP contribution in [0.2, 0.25) is 0 Å². The third-order valence-corrected chi connectivity index (χ3v) is 4.18. The molecular formula is C19H31N3O3. The van der Waals surface area contributed by atoms with Crippen LogP contribution in [0.15, 0.2) is 24.3 Å². The quantitative estimate of drug-likeness (QED) is 0.800. The van der Waals surface area contributed by atoms with Crippen LogP contribution in [0.5, 0.6) is 5.75 Å². The molecule has 1 heterocycles. The standard InChI is InChI=1S/C19H31N3O3/c1-19(2,24)15-21-9-11-22(12-10-21)18(23)16-7-5-6-8-17(16)25-14-13-20(3)4/h5-8,24H,9-15H2,1-4H3. The van der Waals surface area contributed by atoms with Crippen LogP contribution in [0, 0.1) is 0 Å². The zero-order valence-corrected chi connectivity index (χ0v) is 15.9. The number of β-amino-alcohol motifs (C(OH)–C–C–N with tert-alkyl or cyclic N) is 1. The summed E-state index contributed by atoms with van der Waals surface area (Å²) in [7, 11) is 3.99. The van der Waals surface area contributed by atoms with E-state index in [0.29, 0.717) is 37.6 Å². The second-order valence-corrected chi connectivity index (χ2v) is 7.53. The number of ether oxygens (including phenoxy) is 1. The molecule has 1 N–H and O–H groups in total. The van der Waals surface area contributed by atoms with Crippen molar-refractivity contribution in [3.05, 3.63) is 29.8 Å². The molecule has 0 saturated carbocycles. The maximum absolute atomic E-state index is 12.9. The number of rotatable bonds is 7. The Labute approximate surface area is 151 Å². The fourth-order valence-corrected chi connectivity index (χ4v) is 2.93. The molecule has 6 heteroatoms. The molecule has 25 heavy (non-hydrogen) atoms. The summed E-state index contributed by atoms with van der Waals surface area (Å²) in [4.78, 5) is 19.0. The number of likely N-dealkylation sites (N-methyl/N-ethyl adjacent to an activating group) is 1. The largest absolute Gasteiger partial charge is 0.491 e. The lowest BCUT2D eigenvalue weighted by molar-refractivity contribution is 0.0178. The van der Waals surface area contributed by atoms with E-state index in [1.807, 2.05) is 62.0 Å². The van der Waals surface area contributed by atoms with Crippen molar-refractivity contribution in [1.82, 2.24) is 14.7 Å². The Morgan fingerprint density at radius 2 is 1.84 bits per heavy atom. The molecule has 6 nitrogen and oxygen atoms in total. The van der Waals surface area contributed by atoms with Crippen molar-refractivity contribution in [2.45, 2.75) is 19.4 Å². The minimum Gasteiger partial charge on any atom is -0.491 e. The Balaban J connectivity index is 1.95. The maximum Gasteiger partial charge on any atom is 0.257 e.